The van der Waals surface area contributed by atoms with Gasteiger partial charge >= 0.3 is 5.97 Å². The van der Waals surface area contributed by atoms with Gasteiger partial charge in [0, 0.05) is 17.3 Å². The largest absolute Gasteiger partial charge is 0.460 e. The Labute approximate surface area is 169 Å². The molecular weight excluding hydrogens is 414 g/mol. The number of rotatable bonds is 9. The number of nitrogens with zero attached hydrogens (tertiary/aromatic N) is 1. The number of hydroxylamine groups is 2. The molecule has 0 heterocycles. The molecule has 0 spiro atoms. The fraction of sp³-hybridized carbons (Fsp3) is 0.550. The van der Waals surface area contributed by atoms with E-state index in [1.165, 1.54) is 5.06 Å². The van der Waals surface area contributed by atoms with Crippen molar-refractivity contribution in [1.82, 2.24) is 5.06 Å². The molecule has 0 aliphatic rings. The Hall–Kier alpha value is -1.73. The molecule has 0 aliphatic heterocycles. The molecule has 1 aromatic carbocycles. The zero-order valence-corrected chi connectivity index (χ0v) is 18.1. The van der Waals surface area contributed by atoms with Gasteiger partial charge in [-0.25, -0.2) is 5.06 Å². The number of hydrogen-bond acceptors (Lipinski definition) is 5. The van der Waals surface area contributed by atoms with Crippen LogP contribution in [0.3, 0.4) is 0 Å². The van der Waals surface area contributed by atoms with Crippen molar-refractivity contribution >= 4 is 34.1 Å². The Morgan fingerprint density at radius 1 is 1.15 bits per heavy atom. The number of esters is 1. The zero-order valence-electron chi connectivity index (χ0n) is 16.5. The van der Waals surface area contributed by atoms with Crippen LogP contribution >= 0.6 is 15.9 Å². The van der Waals surface area contributed by atoms with Crippen LogP contribution in [0.5, 0.6) is 0 Å². The van der Waals surface area contributed by atoms with Gasteiger partial charge in [0.1, 0.15) is 18.0 Å². The Bertz CT molecular complexity index is 639. The average Bonchev–Trinajstić information content (AvgIpc) is 2.56. The van der Waals surface area contributed by atoms with Crippen molar-refractivity contribution in [1.29, 1.82) is 0 Å². The second kappa shape index (κ2) is 10.6. The van der Waals surface area contributed by atoms with E-state index < -0.39 is 23.7 Å². The molecule has 27 heavy (non-hydrogen) atoms. The predicted molar refractivity (Wildman–Crippen MR) is 106 cm³/mol. The fourth-order valence-electron chi connectivity index (χ4n) is 2.32. The lowest BCUT2D eigenvalue weighted by Crippen LogP contribution is -2.40. The summed E-state index contributed by atoms with van der Waals surface area (Å²) >= 11 is 3.38. The van der Waals surface area contributed by atoms with Crippen molar-refractivity contribution in [2.45, 2.75) is 71.6 Å². The van der Waals surface area contributed by atoms with Gasteiger partial charge in [0.15, 0.2) is 0 Å². The summed E-state index contributed by atoms with van der Waals surface area (Å²) in [5.74, 6) is -0.807. The lowest BCUT2D eigenvalue weighted by atomic mass is 10.1. The minimum absolute atomic E-state index is 0.0452. The van der Waals surface area contributed by atoms with Crippen LogP contribution in [-0.2, 0) is 24.0 Å². The van der Waals surface area contributed by atoms with Gasteiger partial charge in [-0.2, -0.15) is 0 Å². The first-order chi connectivity index (χ1) is 12.5. The monoisotopic (exact) mass is 441 g/mol. The van der Waals surface area contributed by atoms with Gasteiger partial charge in [-0.15, -0.1) is 0 Å². The average molecular weight is 442 g/mol. The maximum atomic E-state index is 12.6. The molecule has 1 aromatic rings. The lowest BCUT2D eigenvalue weighted by molar-refractivity contribution is -0.219. The van der Waals surface area contributed by atoms with E-state index in [2.05, 4.69) is 15.9 Å². The highest BCUT2D eigenvalue weighted by Crippen LogP contribution is 2.23. The van der Waals surface area contributed by atoms with Crippen molar-refractivity contribution in [2.24, 2.45) is 0 Å². The number of aldehydes is 1. The Balaban J connectivity index is 2.77. The highest BCUT2D eigenvalue weighted by molar-refractivity contribution is 9.10. The summed E-state index contributed by atoms with van der Waals surface area (Å²) < 4.78 is 6.17. The third-order valence-corrected chi connectivity index (χ3v) is 4.19. The van der Waals surface area contributed by atoms with Gasteiger partial charge in [0.25, 0.3) is 0 Å². The molecule has 0 N–H and O–H groups in total. The molecule has 2 atom stereocenters. The van der Waals surface area contributed by atoms with Crippen molar-refractivity contribution < 1.29 is 24.0 Å². The molecule has 0 saturated heterocycles. The van der Waals surface area contributed by atoms with Crippen LogP contribution in [0, 0.1) is 0 Å². The predicted octanol–water partition coefficient (Wildman–Crippen LogP) is 4.37. The molecule has 7 heteroatoms. The molecule has 0 saturated carbocycles. The molecule has 0 aliphatic carbocycles. The van der Waals surface area contributed by atoms with Crippen LogP contribution < -0.4 is 0 Å². The quantitative estimate of drug-likeness (QED) is 0.323. The standard InChI is InChI=1S/C20H28BrNO5/c1-14(12-13-23)22(18(24)10-11-19(25)26-20(3,4)5)27-15(2)16-6-8-17(21)9-7-16/h6-9,13-15H,10-12H2,1-5H3/t14-,15?/m1/s1. The zero-order chi connectivity index (χ0) is 20.6. The third kappa shape index (κ3) is 8.67. The molecule has 150 valence electrons. The van der Waals surface area contributed by atoms with Crippen LogP contribution in [-0.4, -0.2) is 34.9 Å². The normalized spacial score (nSPS) is 13.6. The van der Waals surface area contributed by atoms with E-state index in [4.69, 9.17) is 9.57 Å². The first kappa shape index (κ1) is 23.3. The Kier molecular flexibility index (Phi) is 9.12. The summed E-state index contributed by atoms with van der Waals surface area (Å²) in [4.78, 5) is 41.2. The molecular formula is C20H28BrNO5. The summed E-state index contributed by atoms with van der Waals surface area (Å²) in [6, 6.07) is 7.12. The molecule has 1 rings (SSSR count). The van der Waals surface area contributed by atoms with E-state index in [-0.39, 0.29) is 25.2 Å². The summed E-state index contributed by atoms with van der Waals surface area (Å²) in [5, 5.41) is 1.20. The third-order valence-electron chi connectivity index (χ3n) is 3.66. The van der Waals surface area contributed by atoms with Gasteiger partial charge in [-0.3, -0.25) is 14.4 Å². The van der Waals surface area contributed by atoms with Crippen LogP contribution in [0.2, 0.25) is 0 Å². The number of amides is 1. The van der Waals surface area contributed by atoms with Crippen molar-refractivity contribution in [3.8, 4) is 0 Å². The van der Waals surface area contributed by atoms with Crippen LogP contribution in [0.15, 0.2) is 28.7 Å². The number of benzene rings is 1. The van der Waals surface area contributed by atoms with E-state index in [1.54, 1.807) is 27.7 Å². The van der Waals surface area contributed by atoms with Crippen LogP contribution in [0.4, 0.5) is 0 Å². The van der Waals surface area contributed by atoms with Crippen molar-refractivity contribution in [3.63, 3.8) is 0 Å². The number of carbonyl (C=O) groups is 3. The van der Waals surface area contributed by atoms with Gasteiger partial charge in [-0.05, 0) is 52.3 Å². The van der Waals surface area contributed by atoms with Gasteiger partial charge < -0.3 is 9.53 Å². The van der Waals surface area contributed by atoms with Crippen molar-refractivity contribution in [2.75, 3.05) is 0 Å². The lowest BCUT2D eigenvalue weighted by Gasteiger charge is -2.30. The summed E-state index contributed by atoms with van der Waals surface area (Å²) in [6.07, 6.45) is 0.400. The van der Waals surface area contributed by atoms with E-state index in [1.807, 2.05) is 31.2 Å². The maximum Gasteiger partial charge on any atom is 0.306 e. The second-order valence-electron chi connectivity index (χ2n) is 7.36. The minimum atomic E-state index is -0.600. The highest BCUT2D eigenvalue weighted by atomic mass is 79.9. The smallest absolute Gasteiger partial charge is 0.306 e. The first-order valence-electron chi connectivity index (χ1n) is 8.93. The number of ether oxygens (including phenoxy) is 1. The number of hydrogen-bond donors (Lipinski definition) is 0. The molecule has 0 fully saturated rings. The van der Waals surface area contributed by atoms with E-state index in [0.717, 1.165) is 16.3 Å². The van der Waals surface area contributed by atoms with Crippen LogP contribution in [0.1, 0.15) is 65.5 Å². The second-order valence-corrected chi connectivity index (χ2v) is 8.27. The Morgan fingerprint density at radius 3 is 2.26 bits per heavy atom. The fourth-order valence-corrected chi connectivity index (χ4v) is 2.58. The molecule has 1 amide bonds. The summed E-state index contributed by atoms with van der Waals surface area (Å²) in [6.45, 7) is 8.87. The minimum Gasteiger partial charge on any atom is -0.460 e. The summed E-state index contributed by atoms with van der Waals surface area (Å²) in [5.41, 5.74) is 0.290. The summed E-state index contributed by atoms with van der Waals surface area (Å²) in [7, 11) is 0. The first-order valence-corrected chi connectivity index (χ1v) is 9.72. The highest BCUT2D eigenvalue weighted by Gasteiger charge is 2.25. The van der Waals surface area contributed by atoms with Gasteiger partial charge in [0.05, 0.1) is 12.5 Å². The maximum absolute atomic E-state index is 12.6. The Morgan fingerprint density at radius 2 is 1.74 bits per heavy atom. The van der Waals surface area contributed by atoms with Crippen molar-refractivity contribution in [3.05, 3.63) is 34.3 Å². The van der Waals surface area contributed by atoms with E-state index in [0.29, 0.717) is 0 Å². The molecule has 0 bridgehead atoms. The van der Waals surface area contributed by atoms with Gasteiger partial charge in [0.2, 0.25) is 5.91 Å². The number of carbonyl (C=O) groups excluding carboxylic acids is 3. The molecule has 1 unspecified atom stereocenters. The van der Waals surface area contributed by atoms with E-state index >= 15 is 0 Å². The number of halogens is 1. The molecule has 0 aromatic heterocycles. The topological polar surface area (TPSA) is 72.9 Å². The molecule has 0 radical (unpaired) electrons. The van der Waals surface area contributed by atoms with Crippen LogP contribution in [0.25, 0.3) is 0 Å². The van der Waals surface area contributed by atoms with Gasteiger partial charge in [-0.1, -0.05) is 28.1 Å². The SMILES string of the molecule is CC(ON(C(=O)CCC(=O)OC(C)(C)C)[C@H](C)CC=O)c1ccc(Br)cc1. The van der Waals surface area contributed by atoms with E-state index in [9.17, 15) is 14.4 Å². The molecule has 6 nitrogen and oxygen atoms in total.